The summed E-state index contributed by atoms with van der Waals surface area (Å²) in [6.07, 6.45) is 3.48. The van der Waals surface area contributed by atoms with Gasteiger partial charge < -0.3 is 10.1 Å². The molecule has 0 radical (unpaired) electrons. The van der Waals surface area contributed by atoms with Crippen molar-refractivity contribution in [3.8, 4) is 5.75 Å². The van der Waals surface area contributed by atoms with Crippen LogP contribution in [0.4, 0.5) is 5.95 Å². The Hall–Kier alpha value is -2.43. The molecule has 2 rings (SSSR count). The van der Waals surface area contributed by atoms with Crippen LogP contribution in [0.3, 0.4) is 0 Å². The molecule has 0 bridgehead atoms. The number of hydrogen-bond donors (Lipinski definition) is 1. The van der Waals surface area contributed by atoms with Gasteiger partial charge in [0.05, 0.1) is 11.4 Å². The van der Waals surface area contributed by atoms with E-state index in [9.17, 15) is 4.79 Å². The fourth-order valence-corrected chi connectivity index (χ4v) is 2.85. The van der Waals surface area contributed by atoms with Crippen molar-refractivity contribution >= 4 is 11.9 Å². The van der Waals surface area contributed by atoms with E-state index in [2.05, 4.69) is 46.5 Å². The first-order valence-electron chi connectivity index (χ1n) is 8.83. The summed E-state index contributed by atoms with van der Waals surface area (Å²) >= 11 is 0. The molecule has 1 heterocycles. The van der Waals surface area contributed by atoms with Crippen LogP contribution in [0.25, 0.3) is 0 Å². The van der Waals surface area contributed by atoms with Gasteiger partial charge in [-0.05, 0) is 25.8 Å². The number of ether oxygens (including phenoxy) is 1. The summed E-state index contributed by atoms with van der Waals surface area (Å²) in [4.78, 5) is 20.0. The van der Waals surface area contributed by atoms with Gasteiger partial charge in [-0.2, -0.15) is 0 Å². The summed E-state index contributed by atoms with van der Waals surface area (Å²) in [6, 6.07) is 10.5. The number of nitrogens with zero attached hydrogens (tertiary/aromatic N) is 2. The molecule has 1 atom stereocenters. The molecule has 5 nitrogen and oxygen atoms in total. The normalized spacial score (nSPS) is 11.8. The average molecular weight is 341 g/mol. The first-order chi connectivity index (χ1) is 12.0. The largest absolute Gasteiger partial charge is 0.423 e. The van der Waals surface area contributed by atoms with Crippen molar-refractivity contribution in [2.75, 3.05) is 11.9 Å². The van der Waals surface area contributed by atoms with Crippen LogP contribution in [0.2, 0.25) is 0 Å². The van der Waals surface area contributed by atoms with E-state index in [1.54, 1.807) is 0 Å². The third kappa shape index (κ3) is 5.55. The quantitative estimate of drug-likeness (QED) is 0.721. The van der Waals surface area contributed by atoms with Crippen LogP contribution in [0.5, 0.6) is 5.75 Å². The van der Waals surface area contributed by atoms with Gasteiger partial charge in [0.15, 0.2) is 5.75 Å². The molecule has 0 saturated carbocycles. The van der Waals surface area contributed by atoms with Crippen molar-refractivity contribution in [2.45, 2.75) is 52.9 Å². The van der Waals surface area contributed by atoms with E-state index >= 15 is 0 Å². The van der Waals surface area contributed by atoms with E-state index in [0.717, 1.165) is 13.0 Å². The second-order valence-corrected chi connectivity index (χ2v) is 6.27. The zero-order valence-electron chi connectivity index (χ0n) is 15.5. The molecular formula is C20H27N3O2. The summed E-state index contributed by atoms with van der Waals surface area (Å²) in [5.41, 5.74) is 2.65. The zero-order chi connectivity index (χ0) is 18.2. The van der Waals surface area contributed by atoms with Gasteiger partial charge >= 0.3 is 5.97 Å². The highest BCUT2D eigenvalue weighted by atomic mass is 16.5. The lowest BCUT2D eigenvalue weighted by Crippen LogP contribution is -2.16. The predicted molar refractivity (Wildman–Crippen MR) is 100 cm³/mol. The summed E-state index contributed by atoms with van der Waals surface area (Å²) in [6.45, 7) is 8.01. The molecule has 1 aromatic carbocycles. The second-order valence-electron chi connectivity index (χ2n) is 6.27. The Morgan fingerprint density at radius 2 is 1.80 bits per heavy atom. The molecule has 0 fully saturated rings. The minimum Gasteiger partial charge on any atom is -0.423 e. The molecule has 1 unspecified atom stereocenters. The van der Waals surface area contributed by atoms with E-state index in [1.165, 1.54) is 25.3 Å². The topological polar surface area (TPSA) is 64.1 Å². The Kier molecular flexibility index (Phi) is 6.92. The average Bonchev–Trinajstić information content (AvgIpc) is 2.59. The molecule has 0 aliphatic heterocycles. The molecule has 1 aromatic heterocycles. The highest BCUT2D eigenvalue weighted by Gasteiger charge is 2.14. The van der Waals surface area contributed by atoms with Gasteiger partial charge in [0, 0.05) is 19.4 Å². The number of rotatable bonds is 8. The van der Waals surface area contributed by atoms with Crippen LogP contribution >= 0.6 is 0 Å². The highest BCUT2D eigenvalue weighted by Crippen LogP contribution is 2.24. The van der Waals surface area contributed by atoms with Crippen LogP contribution in [-0.2, 0) is 4.79 Å². The fourth-order valence-electron chi connectivity index (χ4n) is 2.85. The smallest absolute Gasteiger partial charge is 0.308 e. The zero-order valence-corrected chi connectivity index (χ0v) is 15.5. The Bertz CT molecular complexity index is 678. The molecule has 1 N–H and O–H groups in total. The van der Waals surface area contributed by atoms with Crippen LogP contribution in [-0.4, -0.2) is 22.5 Å². The number of unbranched alkanes of at least 4 members (excludes halogenated alkanes) is 1. The Morgan fingerprint density at radius 1 is 1.16 bits per heavy atom. The van der Waals surface area contributed by atoms with Crippen molar-refractivity contribution in [3.63, 3.8) is 0 Å². The predicted octanol–water partition coefficient (Wildman–Crippen LogP) is 4.40. The maximum Gasteiger partial charge on any atom is 0.308 e. The number of esters is 1. The number of anilines is 1. The number of benzene rings is 1. The summed E-state index contributed by atoms with van der Waals surface area (Å²) in [5, 5.41) is 3.35. The van der Waals surface area contributed by atoms with E-state index in [4.69, 9.17) is 4.74 Å². The van der Waals surface area contributed by atoms with Crippen molar-refractivity contribution in [1.29, 1.82) is 0 Å². The number of nitrogens with one attached hydrogen (secondary N) is 1. The van der Waals surface area contributed by atoms with Gasteiger partial charge in [-0.3, -0.25) is 4.79 Å². The maximum absolute atomic E-state index is 11.2. The molecule has 134 valence electrons. The fraction of sp³-hybridized carbons (Fsp3) is 0.450. The van der Waals surface area contributed by atoms with Gasteiger partial charge in [0.1, 0.15) is 0 Å². The third-order valence-electron chi connectivity index (χ3n) is 4.13. The summed E-state index contributed by atoms with van der Waals surface area (Å²) in [7, 11) is 0. The SMILES string of the molecule is CCCCC(CNc1nc(C)c(OC(C)=O)c(C)n1)c1ccccc1. The van der Waals surface area contributed by atoms with Crippen LogP contribution < -0.4 is 10.1 Å². The number of aromatic nitrogens is 2. The lowest BCUT2D eigenvalue weighted by Gasteiger charge is -2.18. The van der Waals surface area contributed by atoms with Gasteiger partial charge in [-0.15, -0.1) is 0 Å². The minimum absolute atomic E-state index is 0.362. The number of carbonyl (C=O) groups is 1. The first-order valence-corrected chi connectivity index (χ1v) is 8.83. The van der Waals surface area contributed by atoms with Crippen molar-refractivity contribution < 1.29 is 9.53 Å². The first kappa shape index (κ1) is 18.9. The molecule has 0 aliphatic carbocycles. The minimum atomic E-state index is -0.362. The molecular weight excluding hydrogens is 314 g/mol. The second kappa shape index (κ2) is 9.16. The van der Waals surface area contributed by atoms with Gasteiger partial charge in [-0.1, -0.05) is 50.1 Å². The number of hydrogen-bond acceptors (Lipinski definition) is 5. The van der Waals surface area contributed by atoms with E-state index in [0.29, 0.717) is 29.0 Å². The molecule has 0 spiro atoms. The summed E-state index contributed by atoms with van der Waals surface area (Å²) < 4.78 is 5.19. The number of aryl methyl sites for hydroxylation is 2. The van der Waals surface area contributed by atoms with Gasteiger partial charge in [-0.25, -0.2) is 9.97 Å². The molecule has 0 aliphatic rings. The molecule has 5 heteroatoms. The van der Waals surface area contributed by atoms with Crippen molar-refractivity contribution in [3.05, 3.63) is 47.3 Å². The van der Waals surface area contributed by atoms with Crippen LogP contribution in [0, 0.1) is 13.8 Å². The maximum atomic E-state index is 11.2. The third-order valence-corrected chi connectivity index (χ3v) is 4.13. The van der Waals surface area contributed by atoms with Crippen LogP contribution in [0.1, 0.15) is 56.0 Å². The Balaban J connectivity index is 2.10. The monoisotopic (exact) mass is 341 g/mol. The van der Waals surface area contributed by atoms with E-state index in [1.807, 2.05) is 19.9 Å². The molecule has 0 amide bonds. The van der Waals surface area contributed by atoms with E-state index in [-0.39, 0.29) is 5.97 Å². The Morgan fingerprint density at radius 3 is 2.36 bits per heavy atom. The Labute approximate surface area is 149 Å². The van der Waals surface area contributed by atoms with Crippen LogP contribution in [0.15, 0.2) is 30.3 Å². The van der Waals surface area contributed by atoms with Crippen molar-refractivity contribution in [1.82, 2.24) is 9.97 Å². The standard InChI is InChI=1S/C20H27N3O2/c1-5-6-10-18(17-11-8-7-9-12-17)13-21-20-22-14(2)19(15(3)23-20)25-16(4)24/h7-9,11-12,18H,5-6,10,13H2,1-4H3,(H,21,22,23). The molecule has 0 saturated heterocycles. The molecule has 2 aromatic rings. The van der Waals surface area contributed by atoms with E-state index < -0.39 is 0 Å². The highest BCUT2D eigenvalue weighted by molar-refractivity contribution is 5.70. The van der Waals surface area contributed by atoms with Crippen molar-refractivity contribution in [2.24, 2.45) is 0 Å². The number of carbonyl (C=O) groups excluding carboxylic acids is 1. The van der Waals surface area contributed by atoms with Gasteiger partial charge in [0.2, 0.25) is 5.95 Å². The lowest BCUT2D eigenvalue weighted by atomic mass is 9.93. The summed E-state index contributed by atoms with van der Waals surface area (Å²) in [5.74, 6) is 1.07. The lowest BCUT2D eigenvalue weighted by molar-refractivity contribution is -0.132. The van der Waals surface area contributed by atoms with Gasteiger partial charge in [0.25, 0.3) is 0 Å². The molecule has 25 heavy (non-hydrogen) atoms.